The van der Waals surface area contributed by atoms with Gasteiger partial charge in [-0.1, -0.05) is 73.9 Å². The van der Waals surface area contributed by atoms with Crippen LogP contribution in [0, 0.1) is 5.92 Å². The van der Waals surface area contributed by atoms with E-state index in [-0.39, 0.29) is 0 Å². The van der Waals surface area contributed by atoms with Crippen LogP contribution in [0.2, 0.25) is 0 Å². The summed E-state index contributed by atoms with van der Waals surface area (Å²) in [5, 5.41) is 0. The van der Waals surface area contributed by atoms with Gasteiger partial charge in [0.15, 0.2) is 0 Å². The molecule has 0 N–H and O–H groups in total. The Bertz CT molecular complexity index is 580. The highest BCUT2D eigenvalue weighted by Gasteiger charge is 2.44. The molecule has 4 rings (SSSR count). The minimum absolute atomic E-state index is 0.366. The highest BCUT2D eigenvalue weighted by molar-refractivity contribution is 5.42. The molecule has 0 nitrogen and oxygen atoms in total. The Kier molecular flexibility index (Phi) is 3.33. The number of rotatable bonds is 2. The number of hydrogen-bond acceptors (Lipinski definition) is 0. The summed E-state index contributed by atoms with van der Waals surface area (Å²) < 4.78 is 0. The van der Waals surface area contributed by atoms with Crippen molar-refractivity contribution >= 4 is 0 Å². The smallest absolute Gasteiger partial charge is 0.00620 e. The molecule has 21 heavy (non-hydrogen) atoms. The number of benzene rings is 2. The summed E-state index contributed by atoms with van der Waals surface area (Å²) in [6, 6.07) is 20.5. The topological polar surface area (TPSA) is 0 Å². The minimum Gasteiger partial charge on any atom is -0.0622 e. The summed E-state index contributed by atoms with van der Waals surface area (Å²) in [6.07, 6.45) is 9.63. The first-order chi connectivity index (χ1) is 10.4. The molecular weight excluding hydrogens is 252 g/mol. The van der Waals surface area contributed by atoms with E-state index in [4.69, 9.17) is 0 Å². The first-order valence-electron chi connectivity index (χ1n) is 8.51. The van der Waals surface area contributed by atoms with Crippen molar-refractivity contribution in [3.05, 3.63) is 71.3 Å². The standard InChI is InChI=1S/C21H24/c1-3-11-19(12-4-1)21(20-13-5-2-6-14-20)15-17-9-7-8-10-18(17)16-21/h1,3-4,7-12,20H,2,5-6,13-16H2. The van der Waals surface area contributed by atoms with Gasteiger partial charge in [-0.25, -0.2) is 0 Å². The molecule has 0 unspecified atom stereocenters. The predicted octanol–water partition coefficient (Wildman–Crippen LogP) is 5.30. The van der Waals surface area contributed by atoms with E-state index < -0.39 is 0 Å². The van der Waals surface area contributed by atoms with Gasteiger partial charge in [-0.3, -0.25) is 0 Å². The van der Waals surface area contributed by atoms with Gasteiger partial charge in [0.1, 0.15) is 0 Å². The molecular formula is C21H24. The van der Waals surface area contributed by atoms with E-state index in [2.05, 4.69) is 54.6 Å². The van der Waals surface area contributed by atoms with Crippen molar-refractivity contribution in [3.8, 4) is 0 Å². The van der Waals surface area contributed by atoms with Crippen LogP contribution in [0.25, 0.3) is 0 Å². The summed E-state index contributed by atoms with van der Waals surface area (Å²) in [4.78, 5) is 0. The summed E-state index contributed by atoms with van der Waals surface area (Å²) >= 11 is 0. The Morgan fingerprint density at radius 1 is 0.667 bits per heavy atom. The lowest BCUT2D eigenvalue weighted by atomic mass is 9.63. The molecule has 0 heterocycles. The van der Waals surface area contributed by atoms with E-state index in [1.807, 2.05) is 0 Å². The molecule has 2 aromatic rings. The van der Waals surface area contributed by atoms with Crippen molar-refractivity contribution in [2.45, 2.75) is 50.4 Å². The van der Waals surface area contributed by atoms with Crippen molar-refractivity contribution < 1.29 is 0 Å². The normalized spacial score (nSPS) is 21.1. The van der Waals surface area contributed by atoms with E-state index in [0.29, 0.717) is 5.41 Å². The van der Waals surface area contributed by atoms with Gasteiger partial charge in [-0.2, -0.15) is 0 Å². The second kappa shape index (κ2) is 5.33. The van der Waals surface area contributed by atoms with Gasteiger partial charge in [0.25, 0.3) is 0 Å². The molecule has 0 radical (unpaired) electrons. The Hall–Kier alpha value is -1.56. The zero-order valence-electron chi connectivity index (χ0n) is 12.7. The molecule has 0 aliphatic heterocycles. The molecule has 1 saturated carbocycles. The van der Waals surface area contributed by atoms with Crippen LogP contribution in [0.3, 0.4) is 0 Å². The molecule has 2 aromatic carbocycles. The Balaban J connectivity index is 1.78. The van der Waals surface area contributed by atoms with Gasteiger partial charge in [0, 0.05) is 5.41 Å². The Labute approximate surface area is 128 Å². The minimum atomic E-state index is 0.366. The van der Waals surface area contributed by atoms with Crippen molar-refractivity contribution in [2.75, 3.05) is 0 Å². The van der Waals surface area contributed by atoms with Gasteiger partial charge in [-0.15, -0.1) is 0 Å². The maximum atomic E-state index is 2.38. The second-order valence-electron chi connectivity index (χ2n) is 6.98. The van der Waals surface area contributed by atoms with Crippen molar-refractivity contribution in [3.63, 3.8) is 0 Å². The van der Waals surface area contributed by atoms with Crippen LogP contribution in [0.5, 0.6) is 0 Å². The Morgan fingerprint density at radius 3 is 1.86 bits per heavy atom. The molecule has 0 bridgehead atoms. The summed E-state index contributed by atoms with van der Waals surface area (Å²) in [5.41, 5.74) is 5.12. The maximum Gasteiger partial charge on any atom is 0.00620 e. The fraction of sp³-hybridized carbons (Fsp3) is 0.429. The van der Waals surface area contributed by atoms with Crippen molar-refractivity contribution in [2.24, 2.45) is 5.92 Å². The molecule has 2 aliphatic carbocycles. The monoisotopic (exact) mass is 276 g/mol. The first-order valence-corrected chi connectivity index (χ1v) is 8.51. The molecule has 108 valence electrons. The van der Waals surface area contributed by atoms with Gasteiger partial charge >= 0.3 is 0 Å². The summed E-state index contributed by atoms with van der Waals surface area (Å²) in [5.74, 6) is 0.862. The van der Waals surface area contributed by atoms with E-state index in [9.17, 15) is 0 Å². The van der Waals surface area contributed by atoms with Crippen LogP contribution in [-0.2, 0) is 18.3 Å². The van der Waals surface area contributed by atoms with Crippen LogP contribution in [-0.4, -0.2) is 0 Å². The number of hydrogen-bond donors (Lipinski definition) is 0. The first kappa shape index (κ1) is 13.1. The van der Waals surface area contributed by atoms with E-state index in [1.54, 1.807) is 16.7 Å². The third-order valence-electron chi connectivity index (χ3n) is 5.87. The molecule has 0 saturated heterocycles. The molecule has 0 amide bonds. The fourth-order valence-electron chi connectivity index (χ4n) is 4.80. The average Bonchev–Trinajstić information content (AvgIpc) is 2.97. The van der Waals surface area contributed by atoms with Crippen LogP contribution >= 0.6 is 0 Å². The summed E-state index contributed by atoms with van der Waals surface area (Å²) in [7, 11) is 0. The average molecular weight is 276 g/mol. The highest BCUT2D eigenvalue weighted by Crippen LogP contribution is 2.49. The molecule has 2 aliphatic rings. The molecule has 0 aromatic heterocycles. The summed E-state index contributed by atoms with van der Waals surface area (Å²) in [6.45, 7) is 0. The zero-order chi connectivity index (χ0) is 14.1. The van der Waals surface area contributed by atoms with Crippen LogP contribution < -0.4 is 0 Å². The Morgan fingerprint density at radius 2 is 1.24 bits per heavy atom. The van der Waals surface area contributed by atoms with Gasteiger partial charge in [-0.05, 0) is 48.3 Å². The zero-order valence-corrected chi connectivity index (χ0v) is 12.7. The third-order valence-corrected chi connectivity index (χ3v) is 5.87. The van der Waals surface area contributed by atoms with Crippen LogP contribution in [0.4, 0.5) is 0 Å². The molecule has 1 fully saturated rings. The second-order valence-corrected chi connectivity index (χ2v) is 6.98. The largest absolute Gasteiger partial charge is 0.0622 e. The van der Waals surface area contributed by atoms with Crippen molar-refractivity contribution in [1.82, 2.24) is 0 Å². The lowest BCUT2D eigenvalue weighted by molar-refractivity contribution is 0.208. The number of fused-ring (bicyclic) bond motifs is 1. The lowest BCUT2D eigenvalue weighted by Gasteiger charge is -2.40. The lowest BCUT2D eigenvalue weighted by Crippen LogP contribution is -2.37. The van der Waals surface area contributed by atoms with Gasteiger partial charge in [0.05, 0.1) is 0 Å². The van der Waals surface area contributed by atoms with E-state index in [0.717, 1.165) is 5.92 Å². The highest BCUT2D eigenvalue weighted by atomic mass is 14.5. The van der Waals surface area contributed by atoms with Crippen LogP contribution in [0.1, 0.15) is 48.8 Å². The molecule has 0 spiro atoms. The van der Waals surface area contributed by atoms with Crippen LogP contribution in [0.15, 0.2) is 54.6 Å². The third kappa shape index (κ3) is 2.21. The SMILES string of the molecule is c1ccc(C2(C3CCCCC3)Cc3ccccc3C2)cc1. The van der Waals surface area contributed by atoms with Crippen molar-refractivity contribution in [1.29, 1.82) is 0 Å². The van der Waals surface area contributed by atoms with E-state index in [1.165, 1.54) is 44.9 Å². The van der Waals surface area contributed by atoms with E-state index >= 15 is 0 Å². The maximum absolute atomic E-state index is 2.38. The molecule has 0 atom stereocenters. The molecule has 0 heteroatoms. The quantitative estimate of drug-likeness (QED) is 0.698. The fourth-order valence-corrected chi connectivity index (χ4v) is 4.80. The van der Waals surface area contributed by atoms with Gasteiger partial charge < -0.3 is 0 Å². The van der Waals surface area contributed by atoms with Gasteiger partial charge in [0.2, 0.25) is 0 Å². The predicted molar refractivity (Wildman–Crippen MR) is 88.5 cm³/mol.